The van der Waals surface area contributed by atoms with Crippen molar-refractivity contribution in [3.8, 4) is 11.1 Å². The zero-order chi connectivity index (χ0) is 12.3. The molecule has 0 fully saturated rings. The highest BCUT2D eigenvalue weighted by molar-refractivity contribution is 6.58. The molecule has 2 aromatic carbocycles. The van der Waals surface area contributed by atoms with Gasteiger partial charge in [-0.3, -0.25) is 0 Å². The van der Waals surface area contributed by atoms with Gasteiger partial charge in [-0.2, -0.15) is 0 Å². The maximum absolute atomic E-state index is 9.12. The van der Waals surface area contributed by atoms with Crippen molar-refractivity contribution in [1.82, 2.24) is 0 Å². The van der Waals surface area contributed by atoms with Crippen molar-refractivity contribution in [3.63, 3.8) is 0 Å². The molecule has 0 saturated heterocycles. The molecule has 0 aromatic heterocycles. The lowest BCUT2D eigenvalue weighted by molar-refractivity contribution is 0.426. The fourth-order valence-corrected chi connectivity index (χ4v) is 1.71. The Kier molecular flexibility index (Phi) is 3.47. The Morgan fingerprint density at radius 2 is 1.65 bits per heavy atom. The van der Waals surface area contributed by atoms with Gasteiger partial charge in [0.25, 0.3) is 0 Å². The highest BCUT2D eigenvalue weighted by Gasteiger charge is 2.10. The molecule has 0 spiro atoms. The third-order valence-corrected chi connectivity index (χ3v) is 2.69. The van der Waals surface area contributed by atoms with Crippen molar-refractivity contribution in [2.45, 2.75) is 0 Å². The Hall–Kier alpha value is -1.78. The predicted octanol–water partition coefficient (Wildman–Crippen LogP) is 1.08. The molecule has 3 N–H and O–H groups in total. The van der Waals surface area contributed by atoms with Gasteiger partial charge >= 0.3 is 7.12 Å². The Morgan fingerprint density at radius 3 is 2.24 bits per heavy atom. The van der Waals surface area contributed by atoms with E-state index in [-0.39, 0.29) is 0 Å². The molecule has 0 atom stereocenters. The van der Waals surface area contributed by atoms with Crippen molar-refractivity contribution in [3.05, 3.63) is 48.5 Å². The van der Waals surface area contributed by atoms with E-state index in [9.17, 15) is 0 Å². The smallest absolute Gasteiger partial charge is 0.423 e. The van der Waals surface area contributed by atoms with Crippen molar-refractivity contribution >= 4 is 18.3 Å². The number of rotatable bonds is 3. The van der Waals surface area contributed by atoms with E-state index >= 15 is 0 Å². The third-order valence-electron chi connectivity index (χ3n) is 2.69. The van der Waals surface area contributed by atoms with Gasteiger partial charge < -0.3 is 15.4 Å². The van der Waals surface area contributed by atoms with Crippen LogP contribution in [0.2, 0.25) is 0 Å². The summed E-state index contributed by atoms with van der Waals surface area (Å²) in [5.41, 5.74) is 3.57. The van der Waals surface area contributed by atoms with E-state index in [0.717, 1.165) is 16.8 Å². The first kappa shape index (κ1) is 11.7. The zero-order valence-corrected chi connectivity index (χ0v) is 9.59. The van der Waals surface area contributed by atoms with E-state index < -0.39 is 7.12 Å². The molecule has 0 heterocycles. The molecule has 3 nitrogen and oxygen atoms in total. The van der Waals surface area contributed by atoms with Gasteiger partial charge in [-0.05, 0) is 28.7 Å². The Labute approximate surface area is 101 Å². The number of benzene rings is 2. The van der Waals surface area contributed by atoms with Gasteiger partial charge in [-0.15, -0.1) is 0 Å². The number of hydrogen-bond acceptors (Lipinski definition) is 3. The van der Waals surface area contributed by atoms with Crippen molar-refractivity contribution < 1.29 is 10.0 Å². The van der Waals surface area contributed by atoms with Crippen LogP contribution in [0.25, 0.3) is 11.1 Å². The van der Waals surface area contributed by atoms with E-state index in [0.29, 0.717) is 5.46 Å². The maximum Gasteiger partial charge on any atom is 0.488 e. The van der Waals surface area contributed by atoms with Crippen molar-refractivity contribution in [1.29, 1.82) is 0 Å². The highest BCUT2D eigenvalue weighted by Crippen LogP contribution is 2.20. The molecule has 0 radical (unpaired) electrons. The molecule has 4 heteroatoms. The fourth-order valence-electron chi connectivity index (χ4n) is 1.71. The topological polar surface area (TPSA) is 52.5 Å². The molecule has 0 aliphatic rings. The van der Waals surface area contributed by atoms with Gasteiger partial charge in [0.2, 0.25) is 0 Å². The first-order chi connectivity index (χ1) is 8.20. The summed E-state index contributed by atoms with van der Waals surface area (Å²) in [5.74, 6) is 0. The number of hydrogen-bond donors (Lipinski definition) is 3. The quantitative estimate of drug-likeness (QED) is 0.687. The fraction of sp³-hybridized carbons (Fsp3) is 0.0769. The standard InChI is InChI=1S/C13H14BNO2/c1-15-13-7-5-10(6-8-13)11-3-2-4-12(9-11)14(16)17/h2-9,15-17H,1H3. The van der Waals surface area contributed by atoms with Gasteiger partial charge in [0.05, 0.1) is 0 Å². The van der Waals surface area contributed by atoms with Crippen LogP contribution in [0.5, 0.6) is 0 Å². The Balaban J connectivity index is 2.35. The number of nitrogens with one attached hydrogen (secondary N) is 1. The minimum Gasteiger partial charge on any atom is -0.423 e. The molecule has 2 aromatic rings. The van der Waals surface area contributed by atoms with Crippen LogP contribution in [0, 0.1) is 0 Å². The molecule has 2 rings (SSSR count). The molecular formula is C13H14BNO2. The molecular weight excluding hydrogens is 213 g/mol. The largest absolute Gasteiger partial charge is 0.488 e. The summed E-state index contributed by atoms with van der Waals surface area (Å²) < 4.78 is 0. The minimum atomic E-state index is -1.42. The average molecular weight is 227 g/mol. The van der Waals surface area contributed by atoms with Gasteiger partial charge in [-0.1, -0.05) is 36.4 Å². The van der Waals surface area contributed by atoms with E-state index in [4.69, 9.17) is 10.0 Å². The summed E-state index contributed by atoms with van der Waals surface area (Å²) >= 11 is 0. The molecule has 0 saturated carbocycles. The molecule has 0 aliphatic carbocycles. The third kappa shape index (κ3) is 2.67. The second-order valence-electron chi connectivity index (χ2n) is 3.83. The molecule has 17 heavy (non-hydrogen) atoms. The Morgan fingerprint density at radius 1 is 0.941 bits per heavy atom. The molecule has 0 amide bonds. The van der Waals surface area contributed by atoms with Crippen LogP contribution >= 0.6 is 0 Å². The van der Waals surface area contributed by atoms with E-state index in [2.05, 4.69) is 5.32 Å². The van der Waals surface area contributed by atoms with E-state index in [1.165, 1.54) is 0 Å². The van der Waals surface area contributed by atoms with Crippen LogP contribution in [-0.4, -0.2) is 24.2 Å². The SMILES string of the molecule is CNc1ccc(-c2cccc(B(O)O)c2)cc1. The predicted molar refractivity (Wildman–Crippen MR) is 71.3 cm³/mol. The summed E-state index contributed by atoms with van der Waals surface area (Å²) in [6.45, 7) is 0. The lowest BCUT2D eigenvalue weighted by atomic mass is 9.79. The van der Waals surface area contributed by atoms with Crippen LogP contribution in [0.4, 0.5) is 5.69 Å². The van der Waals surface area contributed by atoms with Crippen molar-refractivity contribution in [2.24, 2.45) is 0 Å². The summed E-state index contributed by atoms with van der Waals surface area (Å²) in [6, 6.07) is 15.2. The minimum absolute atomic E-state index is 0.500. The van der Waals surface area contributed by atoms with Crippen LogP contribution < -0.4 is 10.8 Å². The second-order valence-corrected chi connectivity index (χ2v) is 3.83. The summed E-state index contributed by atoms with van der Waals surface area (Å²) in [5, 5.41) is 21.3. The van der Waals surface area contributed by atoms with E-state index in [1.54, 1.807) is 12.1 Å². The van der Waals surface area contributed by atoms with Crippen LogP contribution in [0.3, 0.4) is 0 Å². The second kappa shape index (κ2) is 5.04. The summed E-state index contributed by atoms with van der Waals surface area (Å²) in [6.07, 6.45) is 0. The van der Waals surface area contributed by atoms with Gasteiger partial charge in [-0.25, -0.2) is 0 Å². The van der Waals surface area contributed by atoms with Gasteiger partial charge in [0.1, 0.15) is 0 Å². The number of anilines is 1. The lowest BCUT2D eigenvalue weighted by Gasteiger charge is -2.06. The molecule has 0 aliphatic heterocycles. The first-order valence-corrected chi connectivity index (χ1v) is 5.45. The van der Waals surface area contributed by atoms with Crippen LogP contribution in [0.1, 0.15) is 0 Å². The zero-order valence-electron chi connectivity index (χ0n) is 9.59. The van der Waals surface area contributed by atoms with Gasteiger partial charge in [0.15, 0.2) is 0 Å². The van der Waals surface area contributed by atoms with E-state index in [1.807, 2.05) is 43.4 Å². The average Bonchev–Trinajstić information content (AvgIpc) is 2.39. The normalized spacial score (nSPS) is 10.1. The molecule has 0 unspecified atom stereocenters. The molecule has 0 bridgehead atoms. The Bertz CT molecular complexity index is 497. The van der Waals surface area contributed by atoms with Crippen LogP contribution in [0.15, 0.2) is 48.5 Å². The first-order valence-electron chi connectivity index (χ1n) is 5.45. The highest BCUT2D eigenvalue weighted by atomic mass is 16.4. The van der Waals surface area contributed by atoms with Crippen molar-refractivity contribution in [2.75, 3.05) is 12.4 Å². The van der Waals surface area contributed by atoms with Gasteiger partial charge in [0, 0.05) is 12.7 Å². The lowest BCUT2D eigenvalue weighted by Crippen LogP contribution is -2.29. The molecule has 86 valence electrons. The maximum atomic E-state index is 9.12. The summed E-state index contributed by atoms with van der Waals surface area (Å²) in [7, 11) is 0.448. The summed E-state index contributed by atoms with van der Waals surface area (Å²) in [4.78, 5) is 0. The van der Waals surface area contributed by atoms with Crippen LogP contribution in [-0.2, 0) is 0 Å². The monoisotopic (exact) mass is 227 g/mol.